The van der Waals surface area contributed by atoms with E-state index in [-0.39, 0.29) is 5.82 Å². The maximum absolute atomic E-state index is 13.9. The Bertz CT molecular complexity index is 779. The van der Waals surface area contributed by atoms with Gasteiger partial charge in [-0.25, -0.2) is 4.39 Å². The maximum atomic E-state index is 13.9. The van der Waals surface area contributed by atoms with E-state index < -0.39 is 6.10 Å². The Kier molecular flexibility index (Phi) is 3.72. The number of aryl methyl sites for hydroxylation is 1. The molecule has 0 bridgehead atoms. The first-order valence-electron chi connectivity index (χ1n) is 7.05. The number of fused-ring (bicyclic) bond motifs is 1. The fourth-order valence-electron chi connectivity index (χ4n) is 2.60. The average Bonchev–Trinajstić information content (AvgIpc) is 2.47. The van der Waals surface area contributed by atoms with Gasteiger partial charge < -0.3 is 5.11 Å². The highest BCUT2D eigenvalue weighted by Gasteiger charge is 2.13. The van der Waals surface area contributed by atoms with E-state index in [4.69, 9.17) is 0 Å². The summed E-state index contributed by atoms with van der Waals surface area (Å²) in [5.74, 6) is -0.344. The Morgan fingerprint density at radius 2 is 1.71 bits per heavy atom. The van der Waals surface area contributed by atoms with Gasteiger partial charge in [-0.2, -0.15) is 0 Å². The molecule has 0 aliphatic rings. The zero-order valence-electron chi connectivity index (χ0n) is 11.9. The molecule has 0 saturated carbocycles. The molecule has 2 heteroatoms. The van der Waals surface area contributed by atoms with E-state index in [1.165, 1.54) is 6.07 Å². The molecule has 0 aromatic heterocycles. The zero-order chi connectivity index (χ0) is 14.8. The number of hydrogen-bond donors (Lipinski definition) is 1. The molecule has 106 valence electrons. The highest BCUT2D eigenvalue weighted by Crippen LogP contribution is 2.24. The Balaban J connectivity index is 1.87. The molecular weight excluding hydrogens is 263 g/mol. The Morgan fingerprint density at radius 1 is 0.952 bits per heavy atom. The van der Waals surface area contributed by atoms with Gasteiger partial charge >= 0.3 is 0 Å². The van der Waals surface area contributed by atoms with Crippen molar-refractivity contribution in [2.45, 2.75) is 19.4 Å². The van der Waals surface area contributed by atoms with Gasteiger partial charge in [0.05, 0.1) is 6.10 Å². The lowest BCUT2D eigenvalue weighted by atomic mass is 9.98. The standard InChI is InChI=1S/C19H17FO/c1-13-6-9-17(18(20)10-13)19(21)12-14-7-8-15-4-2-3-5-16(15)11-14/h2-11,19,21H,12H2,1H3. The van der Waals surface area contributed by atoms with Crippen LogP contribution in [0.2, 0.25) is 0 Å². The number of benzene rings is 3. The van der Waals surface area contributed by atoms with Crippen molar-refractivity contribution in [1.29, 1.82) is 0 Å². The first-order valence-corrected chi connectivity index (χ1v) is 7.05. The number of halogens is 1. The van der Waals surface area contributed by atoms with Crippen LogP contribution < -0.4 is 0 Å². The Hall–Kier alpha value is -2.19. The van der Waals surface area contributed by atoms with E-state index >= 15 is 0 Å². The van der Waals surface area contributed by atoms with Crippen LogP contribution in [0.1, 0.15) is 22.8 Å². The van der Waals surface area contributed by atoms with E-state index in [1.807, 2.05) is 49.4 Å². The molecule has 1 nitrogen and oxygen atoms in total. The minimum Gasteiger partial charge on any atom is -0.388 e. The predicted octanol–water partition coefficient (Wildman–Crippen LogP) is 4.56. The first-order chi connectivity index (χ1) is 10.1. The molecule has 21 heavy (non-hydrogen) atoms. The highest BCUT2D eigenvalue weighted by molar-refractivity contribution is 5.83. The lowest BCUT2D eigenvalue weighted by molar-refractivity contribution is 0.173. The molecule has 3 aromatic carbocycles. The van der Waals surface area contributed by atoms with E-state index in [1.54, 1.807) is 6.07 Å². The number of aliphatic hydroxyl groups is 1. The molecule has 3 aromatic rings. The minimum absolute atomic E-state index is 0.344. The fourth-order valence-corrected chi connectivity index (χ4v) is 2.60. The molecule has 3 rings (SSSR count). The lowest BCUT2D eigenvalue weighted by Gasteiger charge is -2.13. The molecular formula is C19H17FO. The van der Waals surface area contributed by atoms with Gasteiger partial charge in [0.15, 0.2) is 0 Å². The van der Waals surface area contributed by atoms with Gasteiger partial charge in [0, 0.05) is 12.0 Å². The van der Waals surface area contributed by atoms with Crippen molar-refractivity contribution < 1.29 is 9.50 Å². The minimum atomic E-state index is -0.827. The molecule has 0 amide bonds. The summed E-state index contributed by atoms with van der Waals surface area (Å²) in [5.41, 5.74) is 2.21. The van der Waals surface area contributed by atoms with Crippen molar-refractivity contribution in [2.75, 3.05) is 0 Å². The molecule has 0 saturated heterocycles. The second-order valence-corrected chi connectivity index (χ2v) is 5.43. The SMILES string of the molecule is Cc1ccc(C(O)Cc2ccc3ccccc3c2)c(F)c1. The molecule has 1 atom stereocenters. The topological polar surface area (TPSA) is 20.2 Å². The molecule has 0 aliphatic heterocycles. The highest BCUT2D eigenvalue weighted by atomic mass is 19.1. The summed E-state index contributed by atoms with van der Waals surface area (Å²) >= 11 is 0. The van der Waals surface area contributed by atoms with Crippen molar-refractivity contribution in [2.24, 2.45) is 0 Å². The van der Waals surface area contributed by atoms with Crippen LogP contribution in [0.15, 0.2) is 60.7 Å². The molecule has 0 heterocycles. The maximum Gasteiger partial charge on any atom is 0.129 e. The number of hydrogen-bond acceptors (Lipinski definition) is 1. The fraction of sp³-hybridized carbons (Fsp3) is 0.158. The van der Waals surface area contributed by atoms with E-state index in [0.29, 0.717) is 12.0 Å². The van der Waals surface area contributed by atoms with E-state index in [2.05, 4.69) is 6.07 Å². The molecule has 0 spiro atoms. The Morgan fingerprint density at radius 3 is 2.48 bits per heavy atom. The van der Waals surface area contributed by atoms with Crippen LogP contribution in [0.5, 0.6) is 0 Å². The largest absolute Gasteiger partial charge is 0.388 e. The summed E-state index contributed by atoms with van der Waals surface area (Å²) < 4.78 is 13.9. The molecule has 0 aliphatic carbocycles. The van der Waals surface area contributed by atoms with Gasteiger partial charge in [-0.3, -0.25) is 0 Å². The third kappa shape index (κ3) is 2.96. The van der Waals surface area contributed by atoms with Gasteiger partial charge in [0.1, 0.15) is 5.82 Å². The van der Waals surface area contributed by atoms with Gasteiger partial charge in [0.2, 0.25) is 0 Å². The monoisotopic (exact) mass is 280 g/mol. The second kappa shape index (κ2) is 5.66. The zero-order valence-corrected chi connectivity index (χ0v) is 11.9. The van der Waals surface area contributed by atoms with E-state index in [9.17, 15) is 9.50 Å². The number of rotatable bonds is 3. The molecule has 1 unspecified atom stereocenters. The lowest BCUT2D eigenvalue weighted by Crippen LogP contribution is -2.04. The van der Waals surface area contributed by atoms with Crippen LogP contribution in [-0.4, -0.2) is 5.11 Å². The van der Waals surface area contributed by atoms with Crippen LogP contribution in [0.3, 0.4) is 0 Å². The summed E-state index contributed by atoms with van der Waals surface area (Å²) in [7, 11) is 0. The normalized spacial score (nSPS) is 12.5. The summed E-state index contributed by atoms with van der Waals surface area (Å²) in [4.78, 5) is 0. The molecule has 1 N–H and O–H groups in total. The Labute approximate surface area is 123 Å². The van der Waals surface area contributed by atoms with Crippen molar-refractivity contribution in [3.63, 3.8) is 0 Å². The summed E-state index contributed by atoms with van der Waals surface area (Å²) in [5, 5.41) is 12.6. The third-order valence-corrected chi connectivity index (χ3v) is 3.76. The van der Waals surface area contributed by atoms with Crippen LogP contribution in [0.25, 0.3) is 10.8 Å². The van der Waals surface area contributed by atoms with Crippen molar-refractivity contribution in [3.8, 4) is 0 Å². The average molecular weight is 280 g/mol. The smallest absolute Gasteiger partial charge is 0.129 e. The number of aliphatic hydroxyl groups excluding tert-OH is 1. The first kappa shape index (κ1) is 13.8. The van der Waals surface area contributed by atoms with E-state index in [0.717, 1.165) is 21.9 Å². The quantitative estimate of drug-likeness (QED) is 0.745. The summed E-state index contributed by atoms with van der Waals surface area (Å²) in [6.07, 6.45) is -0.420. The summed E-state index contributed by atoms with van der Waals surface area (Å²) in [6, 6.07) is 19.1. The van der Waals surface area contributed by atoms with Crippen LogP contribution in [0, 0.1) is 12.7 Å². The van der Waals surface area contributed by atoms with Crippen LogP contribution >= 0.6 is 0 Å². The van der Waals surface area contributed by atoms with Crippen molar-refractivity contribution >= 4 is 10.8 Å². The third-order valence-electron chi connectivity index (χ3n) is 3.76. The van der Waals surface area contributed by atoms with Crippen LogP contribution in [-0.2, 0) is 6.42 Å². The van der Waals surface area contributed by atoms with Gasteiger partial charge in [0.25, 0.3) is 0 Å². The molecule has 0 fully saturated rings. The van der Waals surface area contributed by atoms with Gasteiger partial charge in [-0.15, -0.1) is 0 Å². The van der Waals surface area contributed by atoms with Gasteiger partial charge in [-0.05, 0) is 34.9 Å². The summed E-state index contributed by atoms with van der Waals surface area (Å²) in [6.45, 7) is 1.84. The van der Waals surface area contributed by atoms with Crippen molar-refractivity contribution in [1.82, 2.24) is 0 Å². The van der Waals surface area contributed by atoms with Crippen LogP contribution in [0.4, 0.5) is 4.39 Å². The molecule has 0 radical (unpaired) electrons. The second-order valence-electron chi connectivity index (χ2n) is 5.43. The predicted molar refractivity (Wildman–Crippen MR) is 83.7 cm³/mol. The van der Waals surface area contributed by atoms with Crippen molar-refractivity contribution in [3.05, 3.63) is 83.2 Å². The van der Waals surface area contributed by atoms with Gasteiger partial charge in [-0.1, -0.05) is 54.6 Å².